The summed E-state index contributed by atoms with van der Waals surface area (Å²) in [4.78, 5) is 24.8. The molecule has 0 amide bonds. The molecule has 0 aliphatic heterocycles. The molecule has 3 heterocycles. The van der Waals surface area contributed by atoms with E-state index in [9.17, 15) is 4.79 Å². The summed E-state index contributed by atoms with van der Waals surface area (Å²) in [6.45, 7) is 8.08. The summed E-state index contributed by atoms with van der Waals surface area (Å²) in [5.41, 5.74) is 2.94. The van der Waals surface area contributed by atoms with E-state index >= 15 is 0 Å². The average Bonchev–Trinajstić information content (AvgIpc) is 3.35. The number of aryl methyl sites for hydroxylation is 2. The molecule has 32 heavy (non-hydrogen) atoms. The molecule has 168 valence electrons. The number of aromatic nitrogens is 3. The second-order valence-corrected chi connectivity index (χ2v) is 10.6. The summed E-state index contributed by atoms with van der Waals surface area (Å²) in [5.74, 6) is 2.09. The van der Waals surface area contributed by atoms with Crippen molar-refractivity contribution in [2.24, 2.45) is 0 Å². The molecule has 0 spiro atoms. The minimum Gasteiger partial charge on any atom is -0.497 e. The third kappa shape index (κ3) is 4.16. The first-order valence-electron chi connectivity index (χ1n) is 10.2. The van der Waals surface area contributed by atoms with Gasteiger partial charge in [-0.15, -0.1) is 22.7 Å². The van der Waals surface area contributed by atoms with Crippen molar-refractivity contribution in [1.29, 1.82) is 0 Å². The van der Waals surface area contributed by atoms with Crippen LogP contribution in [0, 0.1) is 13.8 Å². The highest BCUT2D eigenvalue weighted by molar-refractivity contribution is 7.98. The molecule has 0 radical (unpaired) electrons. The first-order valence-corrected chi connectivity index (χ1v) is 12.8. The molecule has 0 N–H and O–H groups in total. The van der Waals surface area contributed by atoms with E-state index in [2.05, 4.69) is 0 Å². The molecule has 0 atom stereocenters. The standard InChI is InChI=1S/C23H25N3O3S3/c1-12(2)26-22(27)19-13(3)14(4)32-21(19)25-23(26)31-11-15-10-30-20(24-15)17-8-7-16(28-5)9-18(17)29-6/h7-10,12H,11H2,1-6H3. The zero-order valence-electron chi connectivity index (χ0n) is 18.9. The maximum Gasteiger partial charge on any atom is 0.263 e. The topological polar surface area (TPSA) is 66.2 Å². The molecule has 6 nitrogen and oxygen atoms in total. The van der Waals surface area contributed by atoms with Crippen LogP contribution < -0.4 is 15.0 Å². The van der Waals surface area contributed by atoms with E-state index in [0.29, 0.717) is 5.75 Å². The van der Waals surface area contributed by atoms with Crippen LogP contribution in [0.2, 0.25) is 0 Å². The quantitative estimate of drug-likeness (QED) is 0.232. The van der Waals surface area contributed by atoms with Crippen molar-refractivity contribution in [3.63, 3.8) is 0 Å². The van der Waals surface area contributed by atoms with Crippen LogP contribution >= 0.6 is 34.4 Å². The van der Waals surface area contributed by atoms with Gasteiger partial charge in [0.2, 0.25) is 0 Å². The summed E-state index contributed by atoms with van der Waals surface area (Å²) in [5, 5.41) is 4.40. The third-order valence-corrected chi connectivity index (χ3v) is 8.27. The van der Waals surface area contributed by atoms with Crippen molar-refractivity contribution in [2.45, 2.75) is 44.6 Å². The molecule has 0 aliphatic rings. The number of thioether (sulfide) groups is 1. The van der Waals surface area contributed by atoms with Crippen LogP contribution in [0.25, 0.3) is 20.8 Å². The number of nitrogens with zero attached hydrogens (tertiary/aromatic N) is 3. The second-order valence-electron chi connectivity index (χ2n) is 7.63. The fourth-order valence-electron chi connectivity index (χ4n) is 3.46. The number of methoxy groups -OCH3 is 2. The Labute approximate surface area is 199 Å². The lowest BCUT2D eigenvalue weighted by Gasteiger charge is -2.15. The predicted octanol–water partition coefficient (Wildman–Crippen LogP) is 6.09. The highest BCUT2D eigenvalue weighted by atomic mass is 32.2. The number of thiophene rings is 1. The van der Waals surface area contributed by atoms with Gasteiger partial charge in [0.05, 0.1) is 30.9 Å². The van der Waals surface area contributed by atoms with E-state index in [0.717, 1.165) is 53.6 Å². The number of fused-ring (bicyclic) bond motifs is 1. The molecular formula is C23H25N3O3S3. The molecule has 0 aliphatic carbocycles. The maximum absolute atomic E-state index is 13.2. The Morgan fingerprint density at radius 3 is 2.62 bits per heavy atom. The summed E-state index contributed by atoms with van der Waals surface area (Å²) in [6, 6.07) is 5.74. The Hall–Kier alpha value is -2.36. The van der Waals surface area contributed by atoms with Crippen molar-refractivity contribution < 1.29 is 9.47 Å². The lowest BCUT2D eigenvalue weighted by Crippen LogP contribution is -2.24. The van der Waals surface area contributed by atoms with Crippen molar-refractivity contribution >= 4 is 44.7 Å². The predicted molar refractivity (Wildman–Crippen MR) is 134 cm³/mol. The smallest absolute Gasteiger partial charge is 0.263 e. The molecule has 0 unspecified atom stereocenters. The third-order valence-electron chi connectivity index (χ3n) is 5.26. The largest absolute Gasteiger partial charge is 0.497 e. The minimum atomic E-state index is 0.0241. The van der Waals surface area contributed by atoms with Crippen molar-refractivity contribution in [3.05, 3.63) is 50.1 Å². The van der Waals surface area contributed by atoms with Crippen LogP contribution in [-0.4, -0.2) is 28.8 Å². The Morgan fingerprint density at radius 2 is 1.94 bits per heavy atom. The number of thiazole rings is 1. The molecule has 0 saturated heterocycles. The van der Waals surface area contributed by atoms with E-state index in [1.165, 1.54) is 0 Å². The number of rotatable bonds is 7. The van der Waals surface area contributed by atoms with Crippen molar-refractivity contribution in [2.75, 3.05) is 14.2 Å². The van der Waals surface area contributed by atoms with E-state index in [4.69, 9.17) is 19.4 Å². The molecular weight excluding hydrogens is 462 g/mol. The highest BCUT2D eigenvalue weighted by Crippen LogP contribution is 2.36. The zero-order valence-corrected chi connectivity index (χ0v) is 21.3. The number of hydrogen-bond donors (Lipinski definition) is 0. The summed E-state index contributed by atoms with van der Waals surface area (Å²) in [7, 11) is 3.28. The molecule has 9 heteroatoms. The van der Waals surface area contributed by atoms with Crippen molar-refractivity contribution in [1.82, 2.24) is 14.5 Å². The zero-order chi connectivity index (χ0) is 23.0. The van der Waals surface area contributed by atoms with E-state index < -0.39 is 0 Å². The van der Waals surface area contributed by atoms with Crippen LogP contribution in [0.3, 0.4) is 0 Å². The summed E-state index contributed by atoms with van der Waals surface area (Å²) >= 11 is 4.70. The molecule has 0 fully saturated rings. The first kappa shape index (κ1) is 22.8. The maximum atomic E-state index is 13.2. The summed E-state index contributed by atoms with van der Waals surface area (Å²) in [6.07, 6.45) is 0. The average molecular weight is 488 g/mol. The Bertz CT molecular complexity index is 1340. The molecule has 3 aromatic heterocycles. The second kappa shape index (κ2) is 9.25. The van der Waals surface area contributed by atoms with Gasteiger partial charge in [0.1, 0.15) is 21.3 Å². The van der Waals surface area contributed by atoms with E-state index in [-0.39, 0.29) is 11.6 Å². The van der Waals surface area contributed by atoms with Gasteiger partial charge in [0.25, 0.3) is 5.56 Å². The van der Waals surface area contributed by atoms with Crippen LogP contribution in [0.4, 0.5) is 0 Å². The SMILES string of the molecule is COc1ccc(-c2nc(CSc3nc4sc(C)c(C)c4c(=O)n3C(C)C)cs2)c(OC)c1. The van der Waals surface area contributed by atoms with Gasteiger partial charge < -0.3 is 9.47 Å². The Morgan fingerprint density at radius 1 is 1.16 bits per heavy atom. The van der Waals surface area contributed by atoms with Crippen LogP contribution in [-0.2, 0) is 5.75 Å². The molecule has 0 bridgehead atoms. The van der Waals surface area contributed by atoms with Gasteiger partial charge in [-0.1, -0.05) is 11.8 Å². The Kier molecular flexibility index (Phi) is 6.60. The fourth-order valence-corrected chi connectivity index (χ4v) is 6.50. The highest BCUT2D eigenvalue weighted by Gasteiger charge is 2.19. The van der Waals surface area contributed by atoms with Gasteiger partial charge in [-0.2, -0.15) is 0 Å². The first-order chi connectivity index (χ1) is 15.3. The molecule has 1 aromatic carbocycles. The van der Waals surface area contributed by atoms with Crippen molar-refractivity contribution in [3.8, 4) is 22.1 Å². The Balaban J connectivity index is 1.63. The summed E-state index contributed by atoms with van der Waals surface area (Å²) < 4.78 is 12.6. The normalized spacial score (nSPS) is 11.5. The van der Waals surface area contributed by atoms with Gasteiger partial charge in [0.15, 0.2) is 5.16 Å². The van der Waals surface area contributed by atoms with Gasteiger partial charge >= 0.3 is 0 Å². The lowest BCUT2D eigenvalue weighted by molar-refractivity contribution is 0.395. The molecule has 4 aromatic rings. The molecule has 0 saturated carbocycles. The molecule has 4 rings (SSSR count). The van der Waals surface area contributed by atoms with E-state index in [1.54, 1.807) is 53.2 Å². The van der Waals surface area contributed by atoms with Gasteiger partial charge in [-0.05, 0) is 45.4 Å². The van der Waals surface area contributed by atoms with Crippen LogP contribution in [0.5, 0.6) is 11.5 Å². The lowest BCUT2D eigenvalue weighted by atomic mass is 10.2. The number of ether oxygens (including phenoxy) is 2. The monoisotopic (exact) mass is 487 g/mol. The van der Waals surface area contributed by atoms with Gasteiger partial charge in [-0.25, -0.2) is 9.97 Å². The number of benzene rings is 1. The van der Waals surface area contributed by atoms with Gasteiger partial charge in [-0.3, -0.25) is 9.36 Å². The fraction of sp³-hybridized carbons (Fsp3) is 0.348. The minimum absolute atomic E-state index is 0.0241. The number of hydrogen-bond acceptors (Lipinski definition) is 8. The van der Waals surface area contributed by atoms with Gasteiger partial charge in [0, 0.05) is 28.1 Å². The van der Waals surface area contributed by atoms with Crippen LogP contribution in [0.1, 0.15) is 36.0 Å². The van der Waals surface area contributed by atoms with E-state index in [1.807, 2.05) is 51.3 Å². The van der Waals surface area contributed by atoms with Crippen LogP contribution in [0.15, 0.2) is 33.5 Å².